The first-order valence-corrected chi connectivity index (χ1v) is 3.75. The Morgan fingerprint density at radius 3 is 3.10 bits per heavy atom. The summed E-state index contributed by atoms with van der Waals surface area (Å²) < 4.78 is 2.86. The molecule has 2 heterocycles. The van der Waals surface area contributed by atoms with E-state index in [2.05, 4.69) is 21.0 Å². The van der Waals surface area contributed by atoms with Crippen LogP contribution >= 0.6 is 15.9 Å². The summed E-state index contributed by atoms with van der Waals surface area (Å²) in [6.07, 6.45) is 3.70. The number of nitrogens with zero attached hydrogens (tertiary/aromatic N) is 2. The number of aromatic nitrogens is 2. The van der Waals surface area contributed by atoms with Crippen molar-refractivity contribution in [3.05, 3.63) is 35.1 Å². The van der Waals surface area contributed by atoms with E-state index in [-0.39, 0.29) is 0 Å². The summed E-state index contributed by atoms with van der Waals surface area (Å²) in [4.78, 5) is 0. The van der Waals surface area contributed by atoms with Crippen LogP contribution in [-0.2, 0) is 0 Å². The topological polar surface area (TPSA) is 17.3 Å². The molecule has 0 bridgehead atoms. The SMILES string of the molecule is Brc1cnn2ccccc12. The maximum absolute atomic E-state index is 4.09. The molecule has 3 heteroatoms. The molecule has 50 valence electrons. The van der Waals surface area contributed by atoms with Crippen LogP contribution in [-0.4, -0.2) is 9.61 Å². The summed E-state index contributed by atoms with van der Waals surface area (Å²) >= 11 is 3.38. The van der Waals surface area contributed by atoms with Crippen LogP contribution in [0.1, 0.15) is 0 Å². The van der Waals surface area contributed by atoms with Gasteiger partial charge in [0.05, 0.1) is 16.2 Å². The van der Waals surface area contributed by atoms with Gasteiger partial charge in [0.25, 0.3) is 0 Å². The quantitative estimate of drug-likeness (QED) is 0.632. The van der Waals surface area contributed by atoms with E-state index in [0.717, 1.165) is 9.99 Å². The third kappa shape index (κ3) is 0.743. The van der Waals surface area contributed by atoms with Crippen LogP contribution in [0.15, 0.2) is 35.1 Å². The van der Waals surface area contributed by atoms with Gasteiger partial charge < -0.3 is 0 Å². The average molecular weight is 197 g/mol. The van der Waals surface area contributed by atoms with Crippen molar-refractivity contribution >= 4 is 21.4 Å². The molecule has 0 aliphatic rings. The van der Waals surface area contributed by atoms with Crippen molar-refractivity contribution in [1.29, 1.82) is 0 Å². The molecule has 2 rings (SSSR count). The Labute approximate surface area is 66.6 Å². The second-order valence-electron chi connectivity index (χ2n) is 2.02. The minimum atomic E-state index is 1.04. The van der Waals surface area contributed by atoms with Crippen molar-refractivity contribution in [3.8, 4) is 0 Å². The predicted octanol–water partition coefficient (Wildman–Crippen LogP) is 2.10. The highest BCUT2D eigenvalue weighted by atomic mass is 79.9. The summed E-state index contributed by atoms with van der Waals surface area (Å²) in [6, 6.07) is 5.95. The molecule has 2 aromatic rings. The second kappa shape index (κ2) is 2.09. The normalized spacial score (nSPS) is 10.5. The minimum Gasteiger partial charge on any atom is -0.240 e. The molecule has 0 atom stereocenters. The monoisotopic (exact) mass is 196 g/mol. The number of rotatable bonds is 0. The molecular weight excluding hydrogens is 192 g/mol. The first kappa shape index (κ1) is 5.92. The molecule has 0 fully saturated rings. The Hall–Kier alpha value is -0.830. The van der Waals surface area contributed by atoms with E-state index in [1.807, 2.05) is 28.9 Å². The van der Waals surface area contributed by atoms with Crippen molar-refractivity contribution in [1.82, 2.24) is 9.61 Å². The fourth-order valence-corrected chi connectivity index (χ4v) is 1.31. The van der Waals surface area contributed by atoms with Gasteiger partial charge >= 0.3 is 0 Å². The lowest BCUT2D eigenvalue weighted by molar-refractivity contribution is 0.961. The molecule has 0 unspecified atom stereocenters. The molecule has 10 heavy (non-hydrogen) atoms. The van der Waals surface area contributed by atoms with Crippen molar-refractivity contribution < 1.29 is 0 Å². The Bertz CT molecular complexity index is 353. The molecule has 0 saturated heterocycles. The van der Waals surface area contributed by atoms with Crippen molar-refractivity contribution in [2.24, 2.45) is 0 Å². The van der Waals surface area contributed by atoms with E-state index in [1.54, 1.807) is 6.20 Å². The van der Waals surface area contributed by atoms with Crippen LogP contribution in [0, 0.1) is 0 Å². The van der Waals surface area contributed by atoms with Crippen LogP contribution in [0.3, 0.4) is 0 Å². The highest BCUT2D eigenvalue weighted by molar-refractivity contribution is 9.10. The van der Waals surface area contributed by atoms with Crippen molar-refractivity contribution in [2.75, 3.05) is 0 Å². The highest BCUT2D eigenvalue weighted by Gasteiger charge is 1.95. The average Bonchev–Trinajstić information content (AvgIpc) is 2.34. The van der Waals surface area contributed by atoms with Gasteiger partial charge in [0, 0.05) is 6.20 Å². The largest absolute Gasteiger partial charge is 0.240 e. The predicted molar refractivity (Wildman–Crippen MR) is 42.9 cm³/mol. The summed E-state index contributed by atoms with van der Waals surface area (Å²) in [5.74, 6) is 0. The van der Waals surface area contributed by atoms with Gasteiger partial charge in [-0.05, 0) is 28.1 Å². The van der Waals surface area contributed by atoms with Crippen LogP contribution in [0.25, 0.3) is 5.52 Å². The molecule has 0 N–H and O–H groups in total. The summed E-state index contributed by atoms with van der Waals surface area (Å²) in [6.45, 7) is 0. The van der Waals surface area contributed by atoms with Crippen LogP contribution < -0.4 is 0 Å². The first-order valence-electron chi connectivity index (χ1n) is 2.96. The van der Waals surface area contributed by atoms with E-state index in [1.165, 1.54) is 0 Å². The number of hydrogen-bond acceptors (Lipinski definition) is 1. The lowest BCUT2D eigenvalue weighted by atomic mass is 10.4. The number of halogens is 1. The standard InChI is InChI=1S/C7H5BrN2/c8-6-5-9-10-4-2-1-3-7(6)10/h1-5H. The molecule has 2 nitrogen and oxygen atoms in total. The number of hydrogen-bond donors (Lipinski definition) is 0. The molecule has 0 saturated carbocycles. The van der Waals surface area contributed by atoms with Gasteiger partial charge in [-0.2, -0.15) is 5.10 Å². The molecule has 0 aromatic carbocycles. The minimum absolute atomic E-state index is 1.04. The fourth-order valence-electron chi connectivity index (χ4n) is 0.903. The maximum Gasteiger partial charge on any atom is 0.0803 e. The third-order valence-corrected chi connectivity index (χ3v) is 1.99. The summed E-state index contributed by atoms with van der Waals surface area (Å²) in [5.41, 5.74) is 1.10. The Kier molecular flexibility index (Phi) is 1.24. The maximum atomic E-state index is 4.09. The number of pyridine rings is 1. The van der Waals surface area contributed by atoms with Gasteiger partial charge in [0.1, 0.15) is 0 Å². The van der Waals surface area contributed by atoms with E-state index in [0.29, 0.717) is 0 Å². The summed E-state index contributed by atoms with van der Waals surface area (Å²) in [5, 5.41) is 4.09. The number of fused-ring (bicyclic) bond motifs is 1. The van der Waals surface area contributed by atoms with Gasteiger partial charge in [0.15, 0.2) is 0 Å². The first-order chi connectivity index (χ1) is 4.88. The van der Waals surface area contributed by atoms with Crippen LogP contribution in [0.4, 0.5) is 0 Å². The second-order valence-corrected chi connectivity index (χ2v) is 2.88. The molecule has 0 amide bonds. The molecule has 0 spiro atoms. The van der Waals surface area contributed by atoms with Gasteiger partial charge in [0.2, 0.25) is 0 Å². The van der Waals surface area contributed by atoms with E-state index >= 15 is 0 Å². The molecule has 0 radical (unpaired) electrons. The van der Waals surface area contributed by atoms with Crippen molar-refractivity contribution in [2.45, 2.75) is 0 Å². The molecular formula is C7H5BrN2. The van der Waals surface area contributed by atoms with Crippen molar-refractivity contribution in [3.63, 3.8) is 0 Å². The third-order valence-electron chi connectivity index (χ3n) is 1.38. The molecule has 2 aromatic heterocycles. The van der Waals surface area contributed by atoms with Gasteiger partial charge in [-0.3, -0.25) is 0 Å². The summed E-state index contributed by atoms with van der Waals surface area (Å²) in [7, 11) is 0. The van der Waals surface area contributed by atoms with Gasteiger partial charge in [-0.15, -0.1) is 0 Å². The van der Waals surface area contributed by atoms with E-state index in [9.17, 15) is 0 Å². The Morgan fingerprint density at radius 2 is 2.30 bits per heavy atom. The zero-order chi connectivity index (χ0) is 6.97. The Morgan fingerprint density at radius 1 is 1.40 bits per heavy atom. The highest BCUT2D eigenvalue weighted by Crippen LogP contribution is 2.15. The zero-order valence-corrected chi connectivity index (χ0v) is 6.75. The fraction of sp³-hybridized carbons (Fsp3) is 0. The smallest absolute Gasteiger partial charge is 0.0803 e. The lowest BCUT2D eigenvalue weighted by Gasteiger charge is -1.88. The molecule has 0 aliphatic heterocycles. The van der Waals surface area contributed by atoms with Crippen LogP contribution in [0.5, 0.6) is 0 Å². The van der Waals surface area contributed by atoms with Crippen LogP contribution in [0.2, 0.25) is 0 Å². The lowest BCUT2D eigenvalue weighted by Crippen LogP contribution is -1.81. The Balaban J connectivity index is 2.93. The molecule has 0 aliphatic carbocycles. The van der Waals surface area contributed by atoms with Gasteiger partial charge in [-0.25, -0.2) is 4.52 Å². The zero-order valence-electron chi connectivity index (χ0n) is 5.16. The van der Waals surface area contributed by atoms with E-state index in [4.69, 9.17) is 0 Å². The van der Waals surface area contributed by atoms with Gasteiger partial charge in [-0.1, -0.05) is 6.07 Å². The van der Waals surface area contributed by atoms with E-state index < -0.39 is 0 Å².